The summed E-state index contributed by atoms with van der Waals surface area (Å²) in [5.74, 6) is 0.317. The number of carbonyl (C=O) groups is 1. The number of nitrogens with one attached hydrogen (secondary N) is 1. The van der Waals surface area contributed by atoms with Crippen molar-refractivity contribution in [2.45, 2.75) is 25.5 Å². The van der Waals surface area contributed by atoms with Crippen LogP contribution in [0.25, 0.3) is 0 Å². The zero-order chi connectivity index (χ0) is 13.8. The van der Waals surface area contributed by atoms with E-state index < -0.39 is 0 Å². The molecule has 0 aliphatic rings. The van der Waals surface area contributed by atoms with Crippen molar-refractivity contribution >= 4 is 35.0 Å². The maximum absolute atomic E-state index is 11.7. The van der Waals surface area contributed by atoms with Gasteiger partial charge in [0, 0.05) is 10.4 Å². The molecule has 96 valence electrons. The van der Waals surface area contributed by atoms with Crippen molar-refractivity contribution in [1.29, 1.82) is 5.26 Å². The van der Waals surface area contributed by atoms with Crippen LogP contribution in [0.1, 0.15) is 26.3 Å². The average Bonchev–Trinajstić information content (AvgIpc) is 2.26. The maximum atomic E-state index is 11.7. The number of hydrogen-bond acceptors (Lipinski definition) is 3. The molecule has 5 heteroatoms. The number of nitriles is 1. The minimum Gasteiger partial charge on any atom is -0.325 e. The largest absolute Gasteiger partial charge is 0.325 e. The van der Waals surface area contributed by atoms with Crippen LogP contribution in [0.3, 0.4) is 0 Å². The Morgan fingerprint density at radius 2 is 2.17 bits per heavy atom. The monoisotopic (exact) mass is 282 g/mol. The van der Waals surface area contributed by atoms with Gasteiger partial charge in [-0.3, -0.25) is 4.79 Å². The van der Waals surface area contributed by atoms with Gasteiger partial charge >= 0.3 is 0 Å². The molecule has 0 fully saturated rings. The lowest BCUT2D eigenvalue weighted by Crippen LogP contribution is -2.18. The number of carbonyl (C=O) groups excluding carboxylic acids is 1. The molecule has 0 aliphatic carbocycles. The van der Waals surface area contributed by atoms with Crippen molar-refractivity contribution in [3.8, 4) is 6.07 Å². The highest BCUT2D eigenvalue weighted by Crippen LogP contribution is 2.24. The Morgan fingerprint density at radius 3 is 2.67 bits per heavy atom. The van der Waals surface area contributed by atoms with Crippen LogP contribution in [0, 0.1) is 11.3 Å². The number of halogens is 1. The van der Waals surface area contributed by atoms with Gasteiger partial charge in [0.05, 0.1) is 16.3 Å². The summed E-state index contributed by atoms with van der Waals surface area (Å²) < 4.78 is 0.0552. The third-order valence-electron chi connectivity index (χ3n) is 2.01. The summed E-state index contributed by atoms with van der Waals surface area (Å²) in [6, 6.07) is 6.82. The summed E-state index contributed by atoms with van der Waals surface area (Å²) in [6.45, 7) is 6.18. The van der Waals surface area contributed by atoms with Crippen molar-refractivity contribution in [3.63, 3.8) is 0 Å². The van der Waals surface area contributed by atoms with E-state index in [4.69, 9.17) is 16.9 Å². The molecule has 1 amide bonds. The highest BCUT2D eigenvalue weighted by atomic mass is 35.5. The van der Waals surface area contributed by atoms with Crippen LogP contribution < -0.4 is 5.32 Å². The Kier molecular flexibility index (Phi) is 5.06. The predicted molar refractivity (Wildman–Crippen MR) is 77.0 cm³/mol. The van der Waals surface area contributed by atoms with Gasteiger partial charge in [-0.25, -0.2) is 0 Å². The molecule has 3 nitrogen and oxygen atoms in total. The first-order valence-electron chi connectivity index (χ1n) is 5.45. The van der Waals surface area contributed by atoms with Gasteiger partial charge in [0.15, 0.2) is 0 Å². The van der Waals surface area contributed by atoms with Gasteiger partial charge in [-0.15, -0.1) is 11.8 Å². The lowest BCUT2D eigenvalue weighted by molar-refractivity contribution is -0.113. The first-order chi connectivity index (χ1) is 8.31. The third kappa shape index (κ3) is 4.99. The number of thioether (sulfide) groups is 1. The molecule has 0 saturated carbocycles. The van der Waals surface area contributed by atoms with Crippen molar-refractivity contribution in [2.24, 2.45) is 0 Å². The van der Waals surface area contributed by atoms with E-state index in [0.717, 1.165) is 0 Å². The topological polar surface area (TPSA) is 52.9 Å². The Morgan fingerprint density at radius 1 is 1.50 bits per heavy atom. The second-order valence-electron chi connectivity index (χ2n) is 4.76. The highest BCUT2D eigenvalue weighted by Gasteiger charge is 2.13. The van der Waals surface area contributed by atoms with E-state index in [1.54, 1.807) is 30.0 Å². The molecule has 0 aromatic heterocycles. The lowest BCUT2D eigenvalue weighted by atomic mass is 10.2. The molecular weight excluding hydrogens is 268 g/mol. The van der Waals surface area contributed by atoms with E-state index in [1.165, 1.54) is 0 Å². The molecule has 1 aromatic rings. The van der Waals surface area contributed by atoms with Crippen LogP contribution in [0.15, 0.2) is 18.2 Å². The molecule has 1 aromatic carbocycles. The average molecular weight is 283 g/mol. The fourth-order valence-electron chi connectivity index (χ4n) is 1.16. The van der Waals surface area contributed by atoms with Crippen LogP contribution in [0.4, 0.5) is 5.69 Å². The smallest absolute Gasteiger partial charge is 0.234 e. The van der Waals surface area contributed by atoms with E-state index in [9.17, 15) is 4.79 Å². The predicted octanol–water partition coefficient (Wildman–Crippen LogP) is 3.68. The van der Waals surface area contributed by atoms with E-state index in [0.29, 0.717) is 22.0 Å². The second-order valence-corrected chi connectivity index (χ2v) is 6.96. The molecule has 0 unspecified atom stereocenters. The van der Waals surface area contributed by atoms with E-state index >= 15 is 0 Å². The highest BCUT2D eigenvalue weighted by molar-refractivity contribution is 8.01. The second kappa shape index (κ2) is 6.12. The summed E-state index contributed by atoms with van der Waals surface area (Å²) in [5.41, 5.74) is 1.01. The van der Waals surface area contributed by atoms with Gasteiger partial charge < -0.3 is 5.32 Å². The van der Waals surface area contributed by atoms with Crippen molar-refractivity contribution in [1.82, 2.24) is 0 Å². The molecule has 0 bridgehead atoms. The Bertz CT molecular complexity index is 489. The van der Waals surface area contributed by atoms with Gasteiger partial charge in [0.1, 0.15) is 6.07 Å². The van der Waals surface area contributed by atoms with Gasteiger partial charge in [-0.2, -0.15) is 5.26 Å². The Hall–Kier alpha value is -1.18. The van der Waals surface area contributed by atoms with Crippen LogP contribution in [-0.4, -0.2) is 16.4 Å². The van der Waals surface area contributed by atoms with E-state index in [2.05, 4.69) is 26.1 Å². The molecule has 0 spiro atoms. The molecular formula is C13H15ClN2OS. The SMILES string of the molecule is CC(C)(C)SCC(=O)Nc1ccc(C#N)c(Cl)c1. The summed E-state index contributed by atoms with van der Waals surface area (Å²) in [5, 5.41) is 11.8. The summed E-state index contributed by atoms with van der Waals surface area (Å²) in [4.78, 5) is 11.7. The number of hydrogen-bond donors (Lipinski definition) is 1. The normalized spacial score (nSPS) is 10.8. The molecule has 0 saturated heterocycles. The van der Waals surface area contributed by atoms with E-state index in [-0.39, 0.29) is 10.7 Å². The number of amides is 1. The number of anilines is 1. The van der Waals surface area contributed by atoms with Crippen LogP contribution in [0.5, 0.6) is 0 Å². The van der Waals surface area contributed by atoms with Gasteiger partial charge in [0.25, 0.3) is 0 Å². The standard InChI is InChI=1S/C13H15ClN2OS/c1-13(2,3)18-8-12(17)16-10-5-4-9(7-15)11(14)6-10/h4-6H,8H2,1-3H3,(H,16,17). The number of benzene rings is 1. The van der Waals surface area contributed by atoms with Crippen molar-refractivity contribution in [3.05, 3.63) is 28.8 Å². The Labute approximate surface area is 117 Å². The summed E-state index contributed by atoms with van der Waals surface area (Å²) in [7, 11) is 0. The Balaban J connectivity index is 2.61. The minimum atomic E-state index is -0.0734. The molecule has 0 heterocycles. The molecule has 0 aliphatic heterocycles. The first-order valence-corrected chi connectivity index (χ1v) is 6.81. The quantitative estimate of drug-likeness (QED) is 0.920. The van der Waals surface area contributed by atoms with Gasteiger partial charge in [-0.05, 0) is 18.2 Å². The first kappa shape index (κ1) is 14.9. The fourth-order valence-corrected chi connectivity index (χ4v) is 2.02. The lowest BCUT2D eigenvalue weighted by Gasteiger charge is -2.17. The zero-order valence-corrected chi connectivity index (χ0v) is 12.2. The van der Waals surface area contributed by atoms with Crippen LogP contribution in [-0.2, 0) is 4.79 Å². The maximum Gasteiger partial charge on any atom is 0.234 e. The van der Waals surface area contributed by atoms with Crippen molar-refractivity contribution in [2.75, 3.05) is 11.1 Å². The molecule has 18 heavy (non-hydrogen) atoms. The summed E-state index contributed by atoms with van der Waals surface area (Å²) in [6.07, 6.45) is 0. The summed E-state index contributed by atoms with van der Waals surface area (Å²) >= 11 is 7.46. The number of rotatable bonds is 3. The van der Waals surface area contributed by atoms with Crippen LogP contribution in [0.2, 0.25) is 5.02 Å². The van der Waals surface area contributed by atoms with Crippen LogP contribution >= 0.6 is 23.4 Å². The van der Waals surface area contributed by atoms with Gasteiger partial charge in [-0.1, -0.05) is 32.4 Å². The molecule has 1 N–H and O–H groups in total. The zero-order valence-electron chi connectivity index (χ0n) is 10.6. The number of nitrogens with zero attached hydrogens (tertiary/aromatic N) is 1. The van der Waals surface area contributed by atoms with Gasteiger partial charge in [0.2, 0.25) is 5.91 Å². The fraction of sp³-hybridized carbons (Fsp3) is 0.385. The molecule has 1 rings (SSSR count). The minimum absolute atomic E-state index is 0.0552. The van der Waals surface area contributed by atoms with E-state index in [1.807, 2.05) is 6.07 Å². The molecule has 0 atom stereocenters. The van der Waals surface area contributed by atoms with Crippen molar-refractivity contribution < 1.29 is 4.79 Å². The molecule has 0 radical (unpaired) electrons. The third-order valence-corrected chi connectivity index (χ3v) is 3.59.